The van der Waals surface area contributed by atoms with Crippen molar-refractivity contribution in [3.8, 4) is 11.5 Å². The monoisotopic (exact) mass is 301 g/mol. The van der Waals surface area contributed by atoms with Gasteiger partial charge in [-0.1, -0.05) is 28.9 Å². The van der Waals surface area contributed by atoms with Gasteiger partial charge in [-0.05, 0) is 24.7 Å². The van der Waals surface area contributed by atoms with Gasteiger partial charge in [-0.2, -0.15) is 0 Å². The Bertz CT molecular complexity index is 355. The molecule has 0 fully saturated rings. The zero-order valence-corrected chi connectivity index (χ0v) is 12.5. The summed E-state index contributed by atoms with van der Waals surface area (Å²) in [5.41, 5.74) is 1.22. The molecule has 0 aliphatic rings. The van der Waals surface area contributed by atoms with Gasteiger partial charge < -0.3 is 14.4 Å². The second kappa shape index (κ2) is 6.87. The Morgan fingerprint density at radius 1 is 1.24 bits per heavy atom. The van der Waals surface area contributed by atoms with Gasteiger partial charge in [-0.25, -0.2) is 0 Å². The molecule has 1 unspecified atom stereocenters. The maximum atomic E-state index is 5.29. The van der Waals surface area contributed by atoms with Gasteiger partial charge in [-0.3, -0.25) is 0 Å². The highest BCUT2D eigenvalue weighted by molar-refractivity contribution is 9.09. The van der Waals surface area contributed by atoms with E-state index in [1.54, 1.807) is 14.2 Å². The Kier molecular flexibility index (Phi) is 5.78. The fraction of sp³-hybridized carbons (Fsp3) is 0.538. The smallest absolute Gasteiger partial charge is 0.161 e. The highest BCUT2D eigenvalue weighted by atomic mass is 79.9. The van der Waals surface area contributed by atoms with E-state index in [9.17, 15) is 0 Å². The molecule has 3 nitrogen and oxygen atoms in total. The van der Waals surface area contributed by atoms with Gasteiger partial charge in [0, 0.05) is 17.9 Å². The summed E-state index contributed by atoms with van der Waals surface area (Å²) >= 11 is 3.55. The number of hydrogen-bond acceptors (Lipinski definition) is 3. The maximum Gasteiger partial charge on any atom is 0.161 e. The van der Waals surface area contributed by atoms with Gasteiger partial charge in [0.25, 0.3) is 0 Å². The lowest BCUT2D eigenvalue weighted by Crippen LogP contribution is -2.23. The first kappa shape index (κ1) is 14.3. The van der Waals surface area contributed by atoms with Crippen molar-refractivity contribution in [2.24, 2.45) is 0 Å². The zero-order chi connectivity index (χ0) is 12.8. The minimum Gasteiger partial charge on any atom is -0.493 e. The molecule has 0 heterocycles. The molecule has 0 aromatic heterocycles. The number of alkyl halides is 1. The van der Waals surface area contributed by atoms with Crippen molar-refractivity contribution in [3.05, 3.63) is 23.8 Å². The molecule has 0 radical (unpaired) electrons. The third kappa shape index (κ3) is 4.56. The van der Waals surface area contributed by atoms with Gasteiger partial charge in [0.05, 0.1) is 14.2 Å². The molecule has 0 bridgehead atoms. The second-order valence-electron chi connectivity index (χ2n) is 4.17. The van der Waals surface area contributed by atoms with Crippen LogP contribution in [0.5, 0.6) is 11.5 Å². The van der Waals surface area contributed by atoms with E-state index < -0.39 is 0 Å². The van der Waals surface area contributed by atoms with Gasteiger partial charge >= 0.3 is 0 Å². The van der Waals surface area contributed by atoms with Crippen LogP contribution in [0.25, 0.3) is 0 Å². The Morgan fingerprint density at radius 2 is 1.88 bits per heavy atom. The van der Waals surface area contributed by atoms with Crippen LogP contribution >= 0.6 is 15.9 Å². The van der Waals surface area contributed by atoms with Gasteiger partial charge in [0.15, 0.2) is 11.5 Å². The van der Waals surface area contributed by atoms with Crippen molar-refractivity contribution in [3.63, 3.8) is 0 Å². The molecule has 1 aromatic carbocycles. The van der Waals surface area contributed by atoms with E-state index in [-0.39, 0.29) is 0 Å². The average molecular weight is 302 g/mol. The van der Waals surface area contributed by atoms with Crippen LogP contribution in [0.3, 0.4) is 0 Å². The normalized spacial score (nSPS) is 12.6. The van der Waals surface area contributed by atoms with Gasteiger partial charge in [0.1, 0.15) is 0 Å². The van der Waals surface area contributed by atoms with Crippen molar-refractivity contribution >= 4 is 15.9 Å². The highest BCUT2D eigenvalue weighted by Crippen LogP contribution is 2.27. The van der Waals surface area contributed by atoms with Gasteiger partial charge in [0.2, 0.25) is 0 Å². The van der Waals surface area contributed by atoms with Crippen molar-refractivity contribution < 1.29 is 9.47 Å². The molecule has 96 valence electrons. The Hall–Kier alpha value is -0.740. The number of hydrogen-bond donors (Lipinski definition) is 0. The summed E-state index contributed by atoms with van der Waals surface area (Å²) in [6.45, 7) is 4.05. The molecule has 4 heteroatoms. The molecule has 0 amide bonds. The number of methoxy groups -OCH3 is 2. The van der Waals surface area contributed by atoms with Crippen molar-refractivity contribution in [1.82, 2.24) is 4.90 Å². The molecule has 0 saturated carbocycles. The summed E-state index contributed by atoms with van der Waals surface area (Å²) in [4.78, 5) is 2.76. The Balaban J connectivity index is 2.72. The fourth-order valence-corrected chi connectivity index (χ4v) is 2.28. The van der Waals surface area contributed by atoms with Crippen LogP contribution in [-0.2, 0) is 6.54 Å². The third-order valence-corrected chi connectivity index (χ3v) is 2.75. The Morgan fingerprint density at radius 3 is 2.41 bits per heavy atom. The SMILES string of the molecule is COc1ccc(CN(C)CC(C)Br)cc1OC. The van der Waals surface area contributed by atoms with Crippen LogP contribution < -0.4 is 9.47 Å². The molecular formula is C13H20BrNO2. The fourth-order valence-electron chi connectivity index (χ4n) is 1.78. The van der Waals surface area contributed by atoms with E-state index in [4.69, 9.17) is 9.47 Å². The lowest BCUT2D eigenvalue weighted by atomic mass is 10.2. The molecule has 1 aromatic rings. The van der Waals surface area contributed by atoms with Crippen molar-refractivity contribution in [2.45, 2.75) is 18.3 Å². The molecule has 0 saturated heterocycles. The summed E-state index contributed by atoms with van der Waals surface area (Å²) in [5.74, 6) is 1.55. The van der Waals surface area contributed by atoms with Crippen LogP contribution in [0, 0.1) is 0 Å². The molecule has 1 atom stereocenters. The quantitative estimate of drug-likeness (QED) is 0.754. The zero-order valence-electron chi connectivity index (χ0n) is 10.9. The number of benzene rings is 1. The van der Waals surface area contributed by atoms with E-state index in [1.807, 2.05) is 12.1 Å². The van der Waals surface area contributed by atoms with E-state index in [2.05, 4.69) is 40.9 Å². The third-order valence-electron chi connectivity index (χ3n) is 2.46. The Labute approximate surface area is 112 Å². The van der Waals surface area contributed by atoms with Crippen LogP contribution in [0.2, 0.25) is 0 Å². The lowest BCUT2D eigenvalue weighted by Gasteiger charge is -2.19. The second-order valence-corrected chi connectivity index (χ2v) is 5.73. The van der Waals surface area contributed by atoms with E-state index in [1.165, 1.54) is 5.56 Å². The first-order valence-electron chi connectivity index (χ1n) is 5.60. The number of nitrogens with zero attached hydrogens (tertiary/aromatic N) is 1. The standard InChI is InChI=1S/C13H20BrNO2/c1-10(14)8-15(2)9-11-5-6-12(16-3)13(7-11)17-4/h5-7,10H,8-9H2,1-4H3. The lowest BCUT2D eigenvalue weighted by molar-refractivity contribution is 0.329. The summed E-state index contributed by atoms with van der Waals surface area (Å²) in [6.07, 6.45) is 0. The first-order valence-corrected chi connectivity index (χ1v) is 6.52. The topological polar surface area (TPSA) is 21.7 Å². The van der Waals surface area contributed by atoms with Crippen LogP contribution in [0.1, 0.15) is 12.5 Å². The predicted octanol–water partition coefficient (Wildman–Crippen LogP) is 2.92. The molecule has 0 spiro atoms. The summed E-state index contributed by atoms with van der Waals surface area (Å²) in [5, 5.41) is 0. The van der Waals surface area contributed by atoms with Crippen molar-refractivity contribution in [1.29, 1.82) is 0 Å². The van der Waals surface area contributed by atoms with Crippen LogP contribution in [-0.4, -0.2) is 37.5 Å². The van der Waals surface area contributed by atoms with E-state index in [0.29, 0.717) is 4.83 Å². The van der Waals surface area contributed by atoms with Crippen LogP contribution in [0.4, 0.5) is 0 Å². The average Bonchev–Trinajstić information content (AvgIpc) is 2.27. The molecule has 0 aliphatic carbocycles. The maximum absolute atomic E-state index is 5.29. The predicted molar refractivity (Wildman–Crippen MR) is 74.3 cm³/mol. The van der Waals surface area contributed by atoms with Crippen molar-refractivity contribution in [2.75, 3.05) is 27.8 Å². The number of rotatable bonds is 6. The molecule has 0 N–H and O–H groups in total. The highest BCUT2D eigenvalue weighted by Gasteiger charge is 2.07. The van der Waals surface area contributed by atoms with Crippen LogP contribution in [0.15, 0.2) is 18.2 Å². The number of halogens is 1. The minimum absolute atomic E-state index is 0.493. The van der Waals surface area contributed by atoms with Gasteiger partial charge in [-0.15, -0.1) is 0 Å². The van der Waals surface area contributed by atoms with E-state index in [0.717, 1.165) is 24.6 Å². The molecule has 0 aliphatic heterocycles. The minimum atomic E-state index is 0.493. The molecule has 17 heavy (non-hydrogen) atoms. The largest absolute Gasteiger partial charge is 0.493 e. The summed E-state index contributed by atoms with van der Waals surface area (Å²) < 4.78 is 10.5. The summed E-state index contributed by atoms with van der Waals surface area (Å²) in [6, 6.07) is 6.03. The molecular weight excluding hydrogens is 282 g/mol. The summed E-state index contributed by atoms with van der Waals surface area (Å²) in [7, 11) is 5.41. The number of ether oxygens (including phenoxy) is 2. The first-order chi connectivity index (χ1) is 8.06. The van der Waals surface area contributed by atoms with E-state index >= 15 is 0 Å². The molecule has 1 rings (SSSR count).